The van der Waals surface area contributed by atoms with Gasteiger partial charge in [-0.2, -0.15) is 8.42 Å². The van der Waals surface area contributed by atoms with E-state index < -0.39 is 16.2 Å². The van der Waals surface area contributed by atoms with Crippen molar-refractivity contribution < 1.29 is 31.6 Å². The van der Waals surface area contributed by atoms with Crippen molar-refractivity contribution in [2.75, 3.05) is 33.6 Å². The second-order valence-corrected chi connectivity index (χ2v) is 6.27. The van der Waals surface area contributed by atoms with E-state index in [1.54, 1.807) is 12.1 Å². The van der Waals surface area contributed by atoms with Crippen LogP contribution in [0.1, 0.15) is 5.56 Å². The van der Waals surface area contributed by atoms with Crippen molar-refractivity contribution in [3.05, 3.63) is 17.7 Å². The Morgan fingerprint density at radius 2 is 1.86 bits per heavy atom. The van der Waals surface area contributed by atoms with Gasteiger partial charge >= 0.3 is 6.09 Å². The third kappa shape index (κ3) is 3.80. The number of hydrogen-bond donors (Lipinski definition) is 0. The van der Waals surface area contributed by atoms with E-state index in [4.69, 9.17) is 14.2 Å². The Morgan fingerprint density at radius 3 is 2.45 bits per heavy atom. The van der Waals surface area contributed by atoms with Crippen LogP contribution in [-0.4, -0.2) is 53.0 Å². The van der Waals surface area contributed by atoms with Crippen LogP contribution < -0.4 is 14.2 Å². The number of benzene rings is 1. The molecule has 0 fully saturated rings. The van der Waals surface area contributed by atoms with Crippen LogP contribution in [0, 0.1) is 0 Å². The normalized spacial score (nSPS) is 14.3. The Labute approximate surface area is 128 Å². The summed E-state index contributed by atoms with van der Waals surface area (Å²) >= 11 is 0. The lowest BCUT2D eigenvalue weighted by molar-refractivity contribution is 0.128. The third-order valence-electron chi connectivity index (χ3n) is 3.04. The molecule has 9 heteroatoms. The summed E-state index contributed by atoms with van der Waals surface area (Å²) in [5, 5.41) is 0. The van der Waals surface area contributed by atoms with Crippen LogP contribution in [-0.2, 0) is 20.8 Å². The number of methoxy groups -OCH3 is 2. The van der Waals surface area contributed by atoms with Gasteiger partial charge in [-0.1, -0.05) is 0 Å². The first-order valence-electron chi connectivity index (χ1n) is 6.40. The molecule has 122 valence electrons. The monoisotopic (exact) mass is 331 g/mol. The Bertz CT molecular complexity index is 671. The van der Waals surface area contributed by atoms with Gasteiger partial charge in [-0.25, -0.2) is 4.79 Å². The highest BCUT2D eigenvalue weighted by Crippen LogP contribution is 2.37. The van der Waals surface area contributed by atoms with Crippen molar-refractivity contribution in [3.8, 4) is 17.2 Å². The fraction of sp³-hybridized carbons (Fsp3) is 0.462. The van der Waals surface area contributed by atoms with Crippen molar-refractivity contribution in [2.45, 2.75) is 6.54 Å². The molecule has 8 nitrogen and oxygen atoms in total. The SMILES string of the molecule is COc1cc2c(cc1OC)OC(=O)N(CCOS(C)(=O)=O)C2. The number of fused-ring (bicyclic) bond motifs is 1. The van der Waals surface area contributed by atoms with Gasteiger partial charge in [0.1, 0.15) is 5.75 Å². The molecule has 0 unspecified atom stereocenters. The maximum Gasteiger partial charge on any atom is 0.415 e. The molecular formula is C13H17NO7S. The third-order valence-corrected chi connectivity index (χ3v) is 3.64. The zero-order valence-electron chi connectivity index (χ0n) is 12.5. The Morgan fingerprint density at radius 1 is 1.23 bits per heavy atom. The molecule has 0 atom stereocenters. The van der Waals surface area contributed by atoms with E-state index in [9.17, 15) is 13.2 Å². The first kappa shape index (κ1) is 16.4. The summed E-state index contributed by atoms with van der Waals surface area (Å²) in [5.41, 5.74) is 0.733. The van der Waals surface area contributed by atoms with Crippen LogP contribution in [0.25, 0.3) is 0 Å². The molecule has 1 aromatic carbocycles. The quantitative estimate of drug-likeness (QED) is 0.718. The fourth-order valence-electron chi connectivity index (χ4n) is 2.02. The van der Waals surface area contributed by atoms with Gasteiger partial charge in [-0.3, -0.25) is 4.18 Å². The lowest BCUT2D eigenvalue weighted by Crippen LogP contribution is -2.39. The maximum atomic E-state index is 11.9. The molecule has 0 bridgehead atoms. The molecular weight excluding hydrogens is 314 g/mol. The van der Waals surface area contributed by atoms with Gasteiger partial charge in [-0.05, 0) is 6.07 Å². The van der Waals surface area contributed by atoms with E-state index in [1.807, 2.05) is 0 Å². The molecule has 0 aliphatic carbocycles. The molecule has 0 N–H and O–H groups in total. The van der Waals surface area contributed by atoms with E-state index in [-0.39, 0.29) is 19.7 Å². The molecule has 1 heterocycles. The molecule has 1 aromatic rings. The van der Waals surface area contributed by atoms with E-state index in [1.165, 1.54) is 19.1 Å². The number of carbonyl (C=O) groups excluding carboxylic acids is 1. The summed E-state index contributed by atoms with van der Waals surface area (Å²) in [6.45, 7) is 0.234. The maximum absolute atomic E-state index is 11.9. The minimum atomic E-state index is -3.54. The lowest BCUT2D eigenvalue weighted by atomic mass is 10.1. The summed E-state index contributed by atoms with van der Waals surface area (Å²) in [7, 11) is -0.537. The molecule has 2 rings (SSSR count). The summed E-state index contributed by atoms with van der Waals surface area (Å²) < 4.78 is 42.0. The second kappa shape index (κ2) is 6.41. The van der Waals surface area contributed by atoms with Gasteiger partial charge in [0, 0.05) is 18.2 Å². The van der Waals surface area contributed by atoms with Crippen molar-refractivity contribution in [2.24, 2.45) is 0 Å². The number of ether oxygens (including phenoxy) is 3. The van der Waals surface area contributed by atoms with Crippen molar-refractivity contribution >= 4 is 16.2 Å². The summed E-state index contributed by atoms with van der Waals surface area (Å²) in [4.78, 5) is 13.2. The van der Waals surface area contributed by atoms with E-state index >= 15 is 0 Å². The molecule has 0 saturated heterocycles. The average Bonchev–Trinajstić information content (AvgIpc) is 2.45. The molecule has 22 heavy (non-hydrogen) atoms. The van der Waals surface area contributed by atoms with Gasteiger partial charge in [0.05, 0.1) is 33.6 Å². The highest BCUT2D eigenvalue weighted by atomic mass is 32.2. The van der Waals surface area contributed by atoms with Crippen LogP contribution in [0.3, 0.4) is 0 Å². The first-order chi connectivity index (χ1) is 10.3. The predicted octanol–water partition coefficient (Wildman–Crippen LogP) is 0.994. The van der Waals surface area contributed by atoms with Crippen LogP contribution in [0.2, 0.25) is 0 Å². The highest BCUT2D eigenvalue weighted by molar-refractivity contribution is 7.85. The zero-order valence-corrected chi connectivity index (χ0v) is 13.3. The molecule has 0 radical (unpaired) electrons. The number of rotatable bonds is 6. The van der Waals surface area contributed by atoms with E-state index in [0.717, 1.165) is 11.8 Å². The Kier molecular flexibility index (Phi) is 4.77. The standard InChI is InChI=1S/C13H17NO7S/c1-18-11-6-9-8-14(4-5-20-22(3,16)17)13(15)21-10(9)7-12(11)19-2/h6-7H,4-5,8H2,1-3H3. The van der Waals surface area contributed by atoms with Crippen molar-refractivity contribution in [1.82, 2.24) is 4.90 Å². The van der Waals surface area contributed by atoms with Crippen LogP contribution >= 0.6 is 0 Å². The Hall–Kier alpha value is -2.00. The molecule has 0 spiro atoms. The van der Waals surface area contributed by atoms with Crippen LogP contribution in [0.15, 0.2) is 12.1 Å². The summed E-state index contributed by atoms with van der Waals surface area (Å²) in [6.07, 6.45) is 0.380. The number of carbonyl (C=O) groups is 1. The fourth-order valence-corrected chi connectivity index (χ4v) is 2.40. The largest absolute Gasteiger partial charge is 0.493 e. The van der Waals surface area contributed by atoms with Gasteiger partial charge in [0.15, 0.2) is 11.5 Å². The van der Waals surface area contributed by atoms with Crippen molar-refractivity contribution in [1.29, 1.82) is 0 Å². The highest BCUT2D eigenvalue weighted by Gasteiger charge is 2.26. The molecule has 0 aromatic heterocycles. The summed E-state index contributed by atoms with van der Waals surface area (Å²) in [5.74, 6) is 1.37. The van der Waals surface area contributed by atoms with E-state index in [2.05, 4.69) is 4.18 Å². The minimum Gasteiger partial charge on any atom is -0.493 e. The van der Waals surface area contributed by atoms with E-state index in [0.29, 0.717) is 17.2 Å². The topological polar surface area (TPSA) is 91.4 Å². The molecule has 0 saturated carbocycles. The number of hydrogen-bond acceptors (Lipinski definition) is 7. The Balaban J connectivity index is 2.13. The summed E-state index contributed by atoms with van der Waals surface area (Å²) in [6, 6.07) is 3.29. The predicted molar refractivity (Wildman–Crippen MR) is 76.8 cm³/mol. The molecule has 1 aliphatic rings. The molecule has 1 aliphatic heterocycles. The zero-order chi connectivity index (χ0) is 16.3. The molecule has 1 amide bonds. The van der Waals surface area contributed by atoms with Gasteiger partial charge in [-0.15, -0.1) is 0 Å². The smallest absolute Gasteiger partial charge is 0.415 e. The van der Waals surface area contributed by atoms with Gasteiger partial charge in [0.2, 0.25) is 0 Å². The average molecular weight is 331 g/mol. The number of nitrogens with zero attached hydrogens (tertiary/aromatic N) is 1. The van der Waals surface area contributed by atoms with Gasteiger partial charge in [0.25, 0.3) is 10.1 Å². The second-order valence-electron chi connectivity index (χ2n) is 4.63. The van der Waals surface area contributed by atoms with Crippen LogP contribution in [0.4, 0.5) is 4.79 Å². The van der Waals surface area contributed by atoms with Crippen LogP contribution in [0.5, 0.6) is 17.2 Å². The number of amides is 1. The van der Waals surface area contributed by atoms with Gasteiger partial charge < -0.3 is 19.1 Å². The van der Waals surface area contributed by atoms with Crippen molar-refractivity contribution in [3.63, 3.8) is 0 Å². The lowest BCUT2D eigenvalue weighted by Gasteiger charge is -2.28. The minimum absolute atomic E-state index is 0.0969. The first-order valence-corrected chi connectivity index (χ1v) is 8.21.